The van der Waals surface area contributed by atoms with Gasteiger partial charge >= 0.3 is 0 Å². The van der Waals surface area contributed by atoms with Crippen LogP contribution in [0.2, 0.25) is 0 Å². The van der Waals surface area contributed by atoms with E-state index in [2.05, 4.69) is 53.4 Å². The molecule has 3 heterocycles. The molecule has 120 valence electrons. The Morgan fingerprint density at radius 1 is 0.870 bits per heavy atom. The number of fused-ring (bicyclic) bond motifs is 3. The molecule has 0 unspecified atom stereocenters. The van der Waals surface area contributed by atoms with E-state index in [0.29, 0.717) is 6.61 Å². The van der Waals surface area contributed by atoms with Crippen molar-refractivity contribution in [1.82, 2.24) is 4.90 Å². The second kappa shape index (κ2) is 6.76. The third-order valence-electron chi connectivity index (χ3n) is 5.41. The van der Waals surface area contributed by atoms with Crippen molar-refractivity contribution in [2.75, 3.05) is 13.1 Å². The maximum Gasteiger partial charge on any atom is 0.119 e. The molecule has 0 radical (unpaired) electrons. The Kier molecular flexibility index (Phi) is 4.34. The van der Waals surface area contributed by atoms with Gasteiger partial charge in [0.05, 0.1) is 0 Å². The molecule has 0 N–H and O–H groups in total. The highest BCUT2D eigenvalue weighted by atomic mass is 16.5. The summed E-state index contributed by atoms with van der Waals surface area (Å²) in [6.45, 7) is 3.26. The van der Waals surface area contributed by atoms with Gasteiger partial charge < -0.3 is 9.64 Å². The number of benzene rings is 2. The minimum atomic E-state index is 0.637. The van der Waals surface area contributed by atoms with Gasteiger partial charge in [0, 0.05) is 6.04 Å². The van der Waals surface area contributed by atoms with Crippen molar-refractivity contribution in [2.45, 2.75) is 38.3 Å². The van der Waals surface area contributed by atoms with Crippen LogP contribution in [0.4, 0.5) is 0 Å². The van der Waals surface area contributed by atoms with Gasteiger partial charge in [-0.2, -0.15) is 0 Å². The highest BCUT2D eigenvalue weighted by Crippen LogP contribution is 2.33. The number of rotatable bonds is 5. The zero-order valence-corrected chi connectivity index (χ0v) is 13.7. The first-order chi connectivity index (χ1) is 11.4. The number of nitrogens with zero attached hydrogens (tertiary/aromatic N) is 1. The van der Waals surface area contributed by atoms with Crippen LogP contribution in [-0.2, 0) is 13.0 Å². The Balaban J connectivity index is 1.33. The minimum Gasteiger partial charge on any atom is -0.489 e. The third-order valence-corrected chi connectivity index (χ3v) is 5.41. The summed E-state index contributed by atoms with van der Waals surface area (Å²) in [5.41, 5.74) is 2.65. The number of ether oxygens (including phenoxy) is 1. The molecule has 3 aliphatic rings. The summed E-state index contributed by atoms with van der Waals surface area (Å²) in [4.78, 5) is 2.69. The highest BCUT2D eigenvalue weighted by molar-refractivity contribution is 5.28. The Morgan fingerprint density at radius 2 is 1.61 bits per heavy atom. The SMILES string of the molecule is c1ccc(COc2ccc(C[C@@H]3CC4CCN3CC4)cc2)cc1. The van der Waals surface area contributed by atoms with Crippen LogP contribution < -0.4 is 4.74 Å². The van der Waals surface area contributed by atoms with Crippen LogP contribution in [-0.4, -0.2) is 24.0 Å². The molecule has 5 rings (SSSR count). The Hall–Kier alpha value is -1.80. The van der Waals surface area contributed by atoms with Crippen molar-refractivity contribution >= 4 is 0 Å². The quantitative estimate of drug-likeness (QED) is 0.817. The molecule has 0 aromatic heterocycles. The van der Waals surface area contributed by atoms with E-state index < -0.39 is 0 Å². The monoisotopic (exact) mass is 307 g/mol. The molecule has 3 fully saturated rings. The molecule has 2 aromatic carbocycles. The molecule has 23 heavy (non-hydrogen) atoms. The fourth-order valence-corrected chi connectivity index (χ4v) is 4.03. The molecule has 0 amide bonds. The van der Waals surface area contributed by atoms with Crippen molar-refractivity contribution in [3.63, 3.8) is 0 Å². The largest absolute Gasteiger partial charge is 0.489 e. The zero-order chi connectivity index (χ0) is 15.5. The maximum absolute atomic E-state index is 5.88. The fourth-order valence-electron chi connectivity index (χ4n) is 4.03. The molecule has 3 saturated heterocycles. The molecule has 3 aliphatic heterocycles. The van der Waals surface area contributed by atoms with Gasteiger partial charge in [-0.15, -0.1) is 0 Å². The number of hydrogen-bond donors (Lipinski definition) is 0. The van der Waals surface area contributed by atoms with Crippen molar-refractivity contribution in [3.05, 3.63) is 65.7 Å². The van der Waals surface area contributed by atoms with E-state index in [4.69, 9.17) is 4.74 Å². The normalized spacial score (nSPS) is 26.2. The lowest BCUT2D eigenvalue weighted by atomic mass is 9.81. The molecular weight excluding hydrogens is 282 g/mol. The molecule has 0 saturated carbocycles. The summed E-state index contributed by atoms with van der Waals surface area (Å²) in [6, 6.07) is 19.8. The molecule has 2 aromatic rings. The van der Waals surface area contributed by atoms with Crippen LogP contribution in [0.1, 0.15) is 30.4 Å². The Labute approximate surface area is 139 Å². The lowest BCUT2D eigenvalue weighted by Gasteiger charge is -2.45. The van der Waals surface area contributed by atoms with Crippen LogP contribution in [0.15, 0.2) is 54.6 Å². The first-order valence-corrected chi connectivity index (χ1v) is 8.86. The van der Waals surface area contributed by atoms with E-state index in [-0.39, 0.29) is 0 Å². The molecule has 1 atom stereocenters. The summed E-state index contributed by atoms with van der Waals surface area (Å²) in [7, 11) is 0. The third kappa shape index (κ3) is 3.59. The van der Waals surface area contributed by atoms with Gasteiger partial charge in [-0.25, -0.2) is 0 Å². The van der Waals surface area contributed by atoms with E-state index in [0.717, 1.165) is 17.7 Å². The molecule has 0 spiro atoms. The van der Waals surface area contributed by atoms with E-state index in [1.165, 1.54) is 49.9 Å². The Bertz CT molecular complexity index is 614. The van der Waals surface area contributed by atoms with Crippen LogP contribution in [0.5, 0.6) is 5.75 Å². The minimum absolute atomic E-state index is 0.637. The molecule has 2 nitrogen and oxygen atoms in total. The van der Waals surface area contributed by atoms with Gasteiger partial charge in [0.15, 0.2) is 0 Å². The van der Waals surface area contributed by atoms with Crippen molar-refractivity contribution in [3.8, 4) is 5.75 Å². The van der Waals surface area contributed by atoms with E-state index in [1.807, 2.05) is 6.07 Å². The van der Waals surface area contributed by atoms with Crippen LogP contribution in [0.3, 0.4) is 0 Å². The van der Waals surface area contributed by atoms with Crippen LogP contribution in [0, 0.1) is 5.92 Å². The Morgan fingerprint density at radius 3 is 2.26 bits per heavy atom. The number of piperidine rings is 3. The average Bonchev–Trinajstić information content (AvgIpc) is 2.63. The first-order valence-electron chi connectivity index (χ1n) is 8.86. The molecule has 2 heteroatoms. The smallest absolute Gasteiger partial charge is 0.119 e. The lowest BCUT2D eigenvalue weighted by Crippen LogP contribution is -2.49. The zero-order valence-electron chi connectivity index (χ0n) is 13.7. The predicted octanol–water partition coefficient (Wildman–Crippen LogP) is 4.29. The summed E-state index contributed by atoms with van der Waals surface area (Å²) in [5, 5.41) is 0. The van der Waals surface area contributed by atoms with Gasteiger partial charge in [-0.05, 0) is 68.0 Å². The summed E-state index contributed by atoms with van der Waals surface area (Å²) < 4.78 is 5.88. The summed E-state index contributed by atoms with van der Waals surface area (Å²) in [5.74, 6) is 1.95. The van der Waals surface area contributed by atoms with Crippen molar-refractivity contribution < 1.29 is 4.74 Å². The number of hydrogen-bond acceptors (Lipinski definition) is 2. The first kappa shape index (κ1) is 14.8. The second-order valence-electron chi connectivity index (χ2n) is 6.99. The summed E-state index contributed by atoms with van der Waals surface area (Å²) >= 11 is 0. The molecule has 0 aliphatic carbocycles. The highest BCUT2D eigenvalue weighted by Gasteiger charge is 2.33. The van der Waals surface area contributed by atoms with Gasteiger partial charge in [0.2, 0.25) is 0 Å². The van der Waals surface area contributed by atoms with Crippen LogP contribution >= 0.6 is 0 Å². The molecular formula is C21H25NO. The lowest BCUT2D eigenvalue weighted by molar-refractivity contribution is 0.0498. The molecule has 2 bridgehead atoms. The van der Waals surface area contributed by atoms with Gasteiger partial charge in [0.1, 0.15) is 12.4 Å². The average molecular weight is 307 g/mol. The fraction of sp³-hybridized carbons (Fsp3) is 0.429. The topological polar surface area (TPSA) is 12.5 Å². The summed E-state index contributed by atoms with van der Waals surface area (Å²) in [6.07, 6.45) is 5.42. The van der Waals surface area contributed by atoms with Crippen molar-refractivity contribution in [1.29, 1.82) is 0 Å². The van der Waals surface area contributed by atoms with Crippen LogP contribution in [0.25, 0.3) is 0 Å². The standard InChI is InChI=1S/C21H25NO/c1-2-4-19(5-3-1)16-23-21-8-6-17(7-9-21)14-20-15-18-10-12-22(20)13-11-18/h1-9,18,20H,10-16H2/t20-/m1/s1. The predicted molar refractivity (Wildman–Crippen MR) is 93.6 cm³/mol. The van der Waals surface area contributed by atoms with Gasteiger partial charge in [-0.3, -0.25) is 0 Å². The van der Waals surface area contributed by atoms with Crippen molar-refractivity contribution in [2.24, 2.45) is 5.92 Å². The van der Waals surface area contributed by atoms with E-state index in [1.54, 1.807) is 0 Å². The van der Waals surface area contributed by atoms with E-state index >= 15 is 0 Å². The van der Waals surface area contributed by atoms with Gasteiger partial charge in [0.25, 0.3) is 0 Å². The van der Waals surface area contributed by atoms with Gasteiger partial charge in [-0.1, -0.05) is 42.5 Å². The maximum atomic E-state index is 5.88. The second-order valence-corrected chi connectivity index (χ2v) is 6.99. The van der Waals surface area contributed by atoms with E-state index in [9.17, 15) is 0 Å².